The van der Waals surface area contributed by atoms with Gasteiger partial charge in [0.25, 0.3) is 0 Å². The van der Waals surface area contributed by atoms with Crippen LogP contribution < -0.4 is 4.90 Å². The standard InChI is InChI=1S/C41H42ClN2O4/c1-27(45)47-25-23-43-34-19-15-29-11-7-9-13-32(29)38(34)40(3,4)36(43)21-17-31(42)18-22-37-41(5,6)39-33-14-10-8-12-30(33)16-20-35(39)44(37)24-26-48-28(2)46/h7-22H,23-26H2,1-6H3/q+1. The molecule has 0 amide bonds. The Labute approximate surface area is 287 Å². The molecule has 2 aliphatic heterocycles. The first kappa shape index (κ1) is 33.2. The first-order valence-electron chi connectivity index (χ1n) is 16.4. The van der Waals surface area contributed by atoms with Gasteiger partial charge in [-0.15, -0.1) is 0 Å². The summed E-state index contributed by atoms with van der Waals surface area (Å²) in [4.78, 5) is 25.5. The fourth-order valence-corrected chi connectivity index (χ4v) is 7.61. The third-order valence-corrected chi connectivity index (χ3v) is 9.80. The highest BCUT2D eigenvalue weighted by Gasteiger charge is 2.45. The molecule has 4 aromatic rings. The van der Waals surface area contributed by atoms with Crippen LogP contribution in [0.15, 0.2) is 108 Å². The zero-order chi connectivity index (χ0) is 34.2. The third kappa shape index (κ3) is 6.06. The molecule has 0 radical (unpaired) electrons. The number of hydrogen-bond donors (Lipinski definition) is 0. The normalized spacial score (nSPS) is 17.4. The summed E-state index contributed by atoms with van der Waals surface area (Å²) in [5, 5.41) is 5.35. The largest absolute Gasteiger partial charge is 0.464 e. The predicted molar refractivity (Wildman–Crippen MR) is 196 cm³/mol. The van der Waals surface area contributed by atoms with Gasteiger partial charge >= 0.3 is 11.9 Å². The van der Waals surface area contributed by atoms with E-state index in [9.17, 15) is 9.59 Å². The molecule has 0 atom stereocenters. The Kier molecular flexibility index (Phi) is 9.06. The van der Waals surface area contributed by atoms with Crippen LogP contribution in [0.2, 0.25) is 0 Å². The van der Waals surface area contributed by atoms with Gasteiger partial charge in [-0.2, -0.15) is 4.58 Å². The molecule has 0 spiro atoms. The third-order valence-electron chi connectivity index (χ3n) is 9.55. The van der Waals surface area contributed by atoms with Crippen LogP contribution in [0.1, 0.15) is 52.7 Å². The fraction of sp³-hybridized carbons (Fsp3) is 0.293. The lowest BCUT2D eigenvalue weighted by atomic mass is 9.79. The maximum absolute atomic E-state index is 11.6. The van der Waals surface area contributed by atoms with E-state index in [4.69, 9.17) is 21.1 Å². The van der Waals surface area contributed by atoms with Gasteiger partial charge in [0, 0.05) is 53.4 Å². The summed E-state index contributed by atoms with van der Waals surface area (Å²) in [5.41, 5.74) is 6.18. The van der Waals surface area contributed by atoms with Crippen molar-refractivity contribution in [2.45, 2.75) is 52.4 Å². The predicted octanol–water partition coefficient (Wildman–Crippen LogP) is 8.86. The Morgan fingerprint density at radius 2 is 1.40 bits per heavy atom. The van der Waals surface area contributed by atoms with Crippen LogP contribution in [0.25, 0.3) is 21.5 Å². The highest BCUT2D eigenvalue weighted by atomic mass is 35.5. The van der Waals surface area contributed by atoms with Crippen LogP contribution in [0.4, 0.5) is 11.4 Å². The van der Waals surface area contributed by atoms with Crippen molar-refractivity contribution in [2.75, 3.05) is 31.2 Å². The number of allylic oxidation sites excluding steroid dienone is 6. The molecule has 6 rings (SSSR count). The van der Waals surface area contributed by atoms with E-state index in [2.05, 4.69) is 122 Å². The molecule has 0 aliphatic carbocycles. The molecule has 0 bridgehead atoms. The fourth-order valence-electron chi connectivity index (χ4n) is 7.49. The zero-order valence-electron chi connectivity index (χ0n) is 28.5. The van der Waals surface area contributed by atoms with Crippen molar-refractivity contribution in [3.63, 3.8) is 0 Å². The van der Waals surface area contributed by atoms with E-state index in [1.54, 1.807) is 0 Å². The summed E-state index contributed by atoms with van der Waals surface area (Å²) >= 11 is 6.96. The molecule has 0 fully saturated rings. The first-order valence-corrected chi connectivity index (χ1v) is 16.8. The van der Waals surface area contributed by atoms with Crippen molar-refractivity contribution in [1.29, 1.82) is 0 Å². The van der Waals surface area contributed by atoms with E-state index in [1.165, 1.54) is 46.5 Å². The lowest BCUT2D eigenvalue weighted by Crippen LogP contribution is -2.29. The van der Waals surface area contributed by atoms with Crippen LogP contribution >= 0.6 is 11.6 Å². The second-order valence-electron chi connectivity index (χ2n) is 13.4. The highest BCUT2D eigenvalue weighted by molar-refractivity contribution is 6.31. The minimum Gasteiger partial charge on any atom is -0.464 e. The molecule has 0 unspecified atom stereocenters. The Morgan fingerprint density at radius 3 is 2.06 bits per heavy atom. The second kappa shape index (κ2) is 13.1. The van der Waals surface area contributed by atoms with Gasteiger partial charge in [-0.1, -0.05) is 80.0 Å². The van der Waals surface area contributed by atoms with Gasteiger partial charge in [0.2, 0.25) is 5.69 Å². The maximum atomic E-state index is 11.6. The number of esters is 2. The summed E-state index contributed by atoms with van der Waals surface area (Å²) in [6.07, 6.45) is 8.05. The molecule has 2 aliphatic rings. The van der Waals surface area contributed by atoms with E-state index in [1.807, 2.05) is 12.2 Å². The number of halogens is 1. The van der Waals surface area contributed by atoms with Crippen LogP contribution in [0, 0.1) is 0 Å². The van der Waals surface area contributed by atoms with Crippen molar-refractivity contribution >= 4 is 62.2 Å². The molecule has 7 heteroatoms. The Hall–Kier alpha value is -4.68. The number of fused-ring (bicyclic) bond motifs is 6. The lowest BCUT2D eigenvalue weighted by molar-refractivity contribution is -0.440. The molecule has 0 aromatic heterocycles. The number of hydrogen-bond acceptors (Lipinski definition) is 5. The van der Waals surface area contributed by atoms with Gasteiger partial charge in [-0.3, -0.25) is 9.59 Å². The number of nitrogens with zero attached hydrogens (tertiary/aromatic N) is 2. The summed E-state index contributed by atoms with van der Waals surface area (Å²) < 4.78 is 13.0. The summed E-state index contributed by atoms with van der Waals surface area (Å²) in [7, 11) is 0. The first-order chi connectivity index (χ1) is 22.9. The SMILES string of the molecule is CC(=O)OCCN1/C(=C/C=C(Cl)/C=C/C2=[N+](CCOC(C)=O)c3ccc4ccccc4c3C2(C)C)C(C)(C)c2c1ccc1ccccc21. The van der Waals surface area contributed by atoms with Gasteiger partial charge in [0.1, 0.15) is 6.61 Å². The summed E-state index contributed by atoms with van der Waals surface area (Å²) in [6.45, 7) is 13.4. The maximum Gasteiger partial charge on any atom is 0.302 e. The van der Waals surface area contributed by atoms with Crippen LogP contribution in [-0.4, -0.2) is 48.5 Å². The Bertz CT molecular complexity index is 2070. The number of anilines is 1. The molecule has 0 saturated carbocycles. The highest BCUT2D eigenvalue weighted by Crippen LogP contribution is 2.51. The van der Waals surface area contributed by atoms with Crippen LogP contribution in [0.3, 0.4) is 0 Å². The van der Waals surface area contributed by atoms with Gasteiger partial charge in [0.05, 0.1) is 12.0 Å². The van der Waals surface area contributed by atoms with E-state index < -0.39 is 0 Å². The van der Waals surface area contributed by atoms with Gasteiger partial charge in [-0.05, 0) is 71.3 Å². The van der Waals surface area contributed by atoms with Crippen LogP contribution in [-0.2, 0) is 29.9 Å². The van der Waals surface area contributed by atoms with Crippen LogP contribution in [0.5, 0.6) is 0 Å². The molecule has 2 heterocycles. The number of carbonyl (C=O) groups is 2. The molecular formula is C41H42ClN2O4+. The topological polar surface area (TPSA) is 58.9 Å². The second-order valence-corrected chi connectivity index (χ2v) is 13.9. The van der Waals surface area contributed by atoms with Crippen molar-refractivity contribution in [1.82, 2.24) is 0 Å². The average molecular weight is 662 g/mol. The Morgan fingerprint density at radius 1 is 0.792 bits per heavy atom. The average Bonchev–Trinajstić information content (AvgIpc) is 3.40. The number of ether oxygens (including phenoxy) is 2. The quantitative estimate of drug-likeness (QED) is 0.102. The smallest absolute Gasteiger partial charge is 0.302 e. The van der Waals surface area contributed by atoms with E-state index in [0.717, 1.165) is 22.8 Å². The van der Waals surface area contributed by atoms with Gasteiger partial charge < -0.3 is 14.4 Å². The molecule has 4 aromatic carbocycles. The lowest BCUT2D eigenvalue weighted by Gasteiger charge is -2.27. The van der Waals surface area contributed by atoms with Crippen molar-refractivity contribution in [3.8, 4) is 0 Å². The van der Waals surface area contributed by atoms with Crippen molar-refractivity contribution in [3.05, 3.63) is 119 Å². The molecular weight excluding hydrogens is 620 g/mol. The van der Waals surface area contributed by atoms with Gasteiger partial charge in [-0.25, -0.2) is 0 Å². The minimum atomic E-state index is -0.331. The minimum absolute atomic E-state index is 0.276. The molecule has 0 N–H and O–H groups in total. The molecule has 0 saturated heterocycles. The van der Waals surface area contributed by atoms with Gasteiger partial charge in [0.15, 0.2) is 18.9 Å². The summed E-state index contributed by atoms with van der Waals surface area (Å²) in [6, 6.07) is 25.5. The molecule has 48 heavy (non-hydrogen) atoms. The molecule has 246 valence electrons. The zero-order valence-corrected chi connectivity index (χ0v) is 29.2. The van der Waals surface area contributed by atoms with Crippen molar-refractivity contribution < 1.29 is 23.6 Å². The molecule has 6 nitrogen and oxygen atoms in total. The van der Waals surface area contributed by atoms with Crippen molar-refractivity contribution in [2.24, 2.45) is 0 Å². The number of carbonyl (C=O) groups excluding carboxylic acids is 2. The monoisotopic (exact) mass is 661 g/mol. The Balaban J connectivity index is 1.38. The van der Waals surface area contributed by atoms with E-state index in [-0.39, 0.29) is 36.0 Å². The van der Waals surface area contributed by atoms with E-state index in [0.29, 0.717) is 18.1 Å². The summed E-state index contributed by atoms with van der Waals surface area (Å²) in [5.74, 6) is -0.592. The van der Waals surface area contributed by atoms with E-state index >= 15 is 0 Å². The number of benzene rings is 4. The number of rotatable bonds is 9.